The van der Waals surface area contributed by atoms with Crippen molar-refractivity contribution in [1.29, 1.82) is 0 Å². The first-order valence-corrected chi connectivity index (χ1v) is 6.56. The molecule has 2 aromatic rings. The minimum Gasteiger partial charge on any atom is -0.321 e. The van der Waals surface area contributed by atoms with Gasteiger partial charge in [-0.25, -0.2) is 0 Å². The van der Waals surface area contributed by atoms with Crippen molar-refractivity contribution in [3.63, 3.8) is 0 Å². The van der Waals surface area contributed by atoms with Crippen molar-refractivity contribution in [3.05, 3.63) is 63.6 Å². The first kappa shape index (κ1) is 12.9. The van der Waals surface area contributed by atoms with Crippen LogP contribution in [0.1, 0.15) is 23.7 Å². The molecule has 2 nitrogen and oxygen atoms in total. The quantitative estimate of drug-likeness (QED) is 0.776. The maximum Gasteiger partial charge on any atom is 0.186 e. The Morgan fingerprint density at radius 3 is 2.44 bits per heavy atom. The molecule has 1 aromatic carbocycles. The zero-order chi connectivity index (χ0) is 13.1. The van der Waals surface area contributed by atoms with Gasteiger partial charge in [-0.05, 0) is 31.0 Å². The summed E-state index contributed by atoms with van der Waals surface area (Å²) in [6, 6.07) is 9.97. The molecule has 1 aromatic heterocycles. The van der Waals surface area contributed by atoms with Gasteiger partial charge in [0.15, 0.2) is 5.43 Å². The number of pyridine rings is 1. The predicted molar refractivity (Wildman–Crippen MR) is 75.7 cm³/mol. The molecule has 0 aliphatic heterocycles. The third kappa shape index (κ3) is 2.49. The Bertz CT molecular complexity index is 599. The van der Waals surface area contributed by atoms with Gasteiger partial charge < -0.3 is 4.57 Å². The summed E-state index contributed by atoms with van der Waals surface area (Å²) in [5.41, 5.74) is 3.90. The van der Waals surface area contributed by atoms with Crippen LogP contribution < -0.4 is 5.43 Å². The molecule has 0 aliphatic carbocycles. The van der Waals surface area contributed by atoms with E-state index in [1.54, 1.807) is 6.07 Å². The Hall–Kier alpha value is -1.54. The standard InChI is InChI=1S/C15H16ClNO/c1-3-12-4-6-14(7-5-12)17-10-13(9-16)15(18)8-11(17)2/h4-8,10H,3,9H2,1-2H3. The molecule has 0 N–H and O–H groups in total. The van der Waals surface area contributed by atoms with Gasteiger partial charge in [0.2, 0.25) is 0 Å². The van der Waals surface area contributed by atoms with Gasteiger partial charge in [-0.1, -0.05) is 19.1 Å². The first-order chi connectivity index (χ1) is 8.65. The van der Waals surface area contributed by atoms with Crippen LogP contribution >= 0.6 is 11.6 Å². The van der Waals surface area contributed by atoms with Crippen LogP contribution in [0.4, 0.5) is 0 Å². The van der Waals surface area contributed by atoms with Crippen LogP contribution in [-0.2, 0) is 12.3 Å². The monoisotopic (exact) mass is 261 g/mol. The Morgan fingerprint density at radius 2 is 1.89 bits per heavy atom. The third-order valence-electron chi connectivity index (χ3n) is 3.09. The zero-order valence-corrected chi connectivity index (χ0v) is 11.4. The summed E-state index contributed by atoms with van der Waals surface area (Å²) >= 11 is 5.78. The second-order valence-corrected chi connectivity index (χ2v) is 4.60. The van der Waals surface area contributed by atoms with Crippen molar-refractivity contribution in [2.24, 2.45) is 0 Å². The van der Waals surface area contributed by atoms with E-state index in [0.29, 0.717) is 5.56 Å². The number of rotatable bonds is 3. The summed E-state index contributed by atoms with van der Waals surface area (Å²) in [6.45, 7) is 4.05. The van der Waals surface area contributed by atoms with Gasteiger partial charge in [0.05, 0.1) is 5.88 Å². The third-order valence-corrected chi connectivity index (χ3v) is 3.38. The summed E-state index contributed by atoms with van der Waals surface area (Å²) in [7, 11) is 0. The largest absolute Gasteiger partial charge is 0.321 e. The topological polar surface area (TPSA) is 22.0 Å². The van der Waals surface area contributed by atoms with E-state index < -0.39 is 0 Å². The van der Waals surface area contributed by atoms with Crippen LogP contribution in [0.25, 0.3) is 5.69 Å². The molecule has 94 valence electrons. The van der Waals surface area contributed by atoms with E-state index in [1.807, 2.05) is 17.7 Å². The molecule has 18 heavy (non-hydrogen) atoms. The van der Waals surface area contributed by atoms with Crippen LogP contribution in [-0.4, -0.2) is 4.57 Å². The van der Waals surface area contributed by atoms with Crippen molar-refractivity contribution in [2.45, 2.75) is 26.1 Å². The highest BCUT2D eigenvalue weighted by Gasteiger charge is 2.04. The normalized spacial score (nSPS) is 10.6. The summed E-state index contributed by atoms with van der Waals surface area (Å²) < 4.78 is 2.00. The van der Waals surface area contributed by atoms with Crippen molar-refractivity contribution in [3.8, 4) is 5.69 Å². The minimum atomic E-state index is 0.00364. The molecule has 1 heterocycles. The van der Waals surface area contributed by atoms with Crippen molar-refractivity contribution in [1.82, 2.24) is 4.57 Å². The van der Waals surface area contributed by atoms with E-state index in [2.05, 4.69) is 31.2 Å². The molecule has 0 saturated carbocycles. The van der Waals surface area contributed by atoms with E-state index in [-0.39, 0.29) is 11.3 Å². The van der Waals surface area contributed by atoms with Gasteiger partial charge >= 0.3 is 0 Å². The van der Waals surface area contributed by atoms with E-state index in [0.717, 1.165) is 17.8 Å². The molecule has 0 aliphatic rings. The first-order valence-electron chi connectivity index (χ1n) is 6.03. The van der Waals surface area contributed by atoms with Gasteiger partial charge in [-0.3, -0.25) is 4.79 Å². The van der Waals surface area contributed by atoms with Crippen LogP contribution in [0, 0.1) is 6.92 Å². The van der Waals surface area contributed by atoms with Crippen LogP contribution in [0.2, 0.25) is 0 Å². The molecule has 0 amide bonds. The second kappa shape index (κ2) is 5.40. The van der Waals surface area contributed by atoms with Gasteiger partial charge in [0.25, 0.3) is 0 Å². The van der Waals surface area contributed by atoms with Gasteiger partial charge in [-0.2, -0.15) is 0 Å². The fourth-order valence-electron chi connectivity index (χ4n) is 1.94. The Labute approximate surface area is 112 Å². The number of aromatic nitrogens is 1. The molecule has 2 rings (SSSR count). The molecule has 0 unspecified atom stereocenters. The van der Waals surface area contributed by atoms with Crippen molar-refractivity contribution in [2.75, 3.05) is 0 Å². The summed E-state index contributed by atoms with van der Waals surface area (Å²) in [5, 5.41) is 0. The van der Waals surface area contributed by atoms with Gasteiger partial charge in [0, 0.05) is 29.2 Å². The van der Waals surface area contributed by atoms with Crippen LogP contribution in [0.5, 0.6) is 0 Å². The smallest absolute Gasteiger partial charge is 0.186 e. The fraction of sp³-hybridized carbons (Fsp3) is 0.267. The average Bonchev–Trinajstić information content (AvgIpc) is 2.39. The van der Waals surface area contributed by atoms with Gasteiger partial charge in [-0.15, -0.1) is 11.6 Å². The van der Waals surface area contributed by atoms with E-state index >= 15 is 0 Å². The Balaban J connectivity index is 2.52. The number of halogens is 1. The Kier molecular flexibility index (Phi) is 3.87. The number of benzene rings is 1. The summed E-state index contributed by atoms with van der Waals surface area (Å²) in [4.78, 5) is 11.7. The number of nitrogens with zero attached hydrogens (tertiary/aromatic N) is 1. The van der Waals surface area contributed by atoms with Crippen molar-refractivity contribution < 1.29 is 0 Å². The summed E-state index contributed by atoms with van der Waals surface area (Å²) in [6.07, 6.45) is 2.85. The lowest BCUT2D eigenvalue weighted by Crippen LogP contribution is -2.12. The predicted octanol–water partition coefficient (Wildman–Crippen LogP) is 3.45. The van der Waals surface area contributed by atoms with E-state index in [4.69, 9.17) is 11.6 Å². The number of hydrogen-bond donors (Lipinski definition) is 0. The number of aryl methyl sites for hydroxylation is 2. The maximum atomic E-state index is 11.7. The lowest BCUT2D eigenvalue weighted by Gasteiger charge is -2.12. The van der Waals surface area contributed by atoms with Crippen LogP contribution in [0.3, 0.4) is 0 Å². The van der Waals surface area contributed by atoms with E-state index in [9.17, 15) is 4.79 Å². The SMILES string of the molecule is CCc1ccc(-n2cc(CCl)c(=O)cc2C)cc1. The molecule has 0 radical (unpaired) electrons. The second-order valence-electron chi connectivity index (χ2n) is 4.33. The highest BCUT2D eigenvalue weighted by atomic mass is 35.5. The fourth-order valence-corrected chi connectivity index (χ4v) is 2.14. The number of alkyl halides is 1. The maximum absolute atomic E-state index is 11.7. The highest BCUT2D eigenvalue weighted by Crippen LogP contribution is 2.13. The molecule has 0 spiro atoms. The van der Waals surface area contributed by atoms with Gasteiger partial charge in [0.1, 0.15) is 0 Å². The lowest BCUT2D eigenvalue weighted by atomic mass is 10.1. The summed E-state index contributed by atoms with van der Waals surface area (Å²) in [5.74, 6) is 0.242. The molecular weight excluding hydrogens is 246 g/mol. The lowest BCUT2D eigenvalue weighted by molar-refractivity contribution is 0.952. The van der Waals surface area contributed by atoms with Crippen LogP contribution in [0.15, 0.2) is 41.3 Å². The molecule has 0 atom stereocenters. The molecule has 0 bridgehead atoms. The minimum absolute atomic E-state index is 0.00364. The Morgan fingerprint density at radius 1 is 1.22 bits per heavy atom. The molecule has 0 saturated heterocycles. The molecular formula is C15H16ClNO. The molecule has 0 fully saturated rings. The number of hydrogen-bond acceptors (Lipinski definition) is 1. The highest BCUT2D eigenvalue weighted by molar-refractivity contribution is 6.17. The molecule has 3 heteroatoms. The zero-order valence-electron chi connectivity index (χ0n) is 10.6. The van der Waals surface area contributed by atoms with Crippen molar-refractivity contribution >= 4 is 11.6 Å². The average molecular weight is 262 g/mol. The van der Waals surface area contributed by atoms with E-state index in [1.165, 1.54) is 5.56 Å².